The summed E-state index contributed by atoms with van der Waals surface area (Å²) in [6.07, 6.45) is 7.89. The molecule has 1 aromatic rings. The SMILES string of the molecule is COc1ccc2c(c1)CCC/C(=C1/CCCCC1C)C2=O. The molecule has 1 fully saturated rings. The summed E-state index contributed by atoms with van der Waals surface area (Å²) >= 11 is 0. The molecule has 2 nitrogen and oxygen atoms in total. The first kappa shape index (κ1) is 14.4. The average molecular weight is 284 g/mol. The van der Waals surface area contributed by atoms with E-state index in [0.717, 1.165) is 48.1 Å². The van der Waals surface area contributed by atoms with E-state index in [-0.39, 0.29) is 5.78 Å². The lowest BCUT2D eigenvalue weighted by Gasteiger charge is -2.24. The van der Waals surface area contributed by atoms with Gasteiger partial charge in [0.1, 0.15) is 5.75 Å². The summed E-state index contributed by atoms with van der Waals surface area (Å²) in [6.45, 7) is 2.29. The summed E-state index contributed by atoms with van der Waals surface area (Å²) in [6, 6.07) is 5.90. The van der Waals surface area contributed by atoms with Crippen molar-refractivity contribution in [1.82, 2.24) is 0 Å². The van der Waals surface area contributed by atoms with Crippen molar-refractivity contribution in [1.29, 1.82) is 0 Å². The predicted octanol–water partition coefficient (Wildman–Crippen LogP) is 4.72. The third-order valence-corrected chi connectivity index (χ3v) is 5.02. The van der Waals surface area contributed by atoms with Crippen molar-refractivity contribution in [2.75, 3.05) is 7.11 Å². The van der Waals surface area contributed by atoms with E-state index in [0.29, 0.717) is 5.92 Å². The molecule has 0 saturated heterocycles. The molecule has 0 heterocycles. The van der Waals surface area contributed by atoms with Gasteiger partial charge in [0.05, 0.1) is 7.11 Å². The fourth-order valence-corrected chi connectivity index (χ4v) is 3.80. The number of rotatable bonds is 1. The zero-order valence-corrected chi connectivity index (χ0v) is 13.1. The Bertz CT molecular complexity index is 583. The van der Waals surface area contributed by atoms with E-state index in [9.17, 15) is 4.79 Å². The maximum absolute atomic E-state index is 13.0. The minimum atomic E-state index is 0.272. The fourth-order valence-electron chi connectivity index (χ4n) is 3.80. The number of hydrogen-bond donors (Lipinski definition) is 0. The second kappa shape index (κ2) is 6.05. The number of ether oxygens (including phenoxy) is 1. The molecule has 21 heavy (non-hydrogen) atoms. The summed E-state index contributed by atoms with van der Waals surface area (Å²) in [4.78, 5) is 13.0. The van der Waals surface area contributed by atoms with E-state index in [1.807, 2.05) is 18.2 Å². The van der Waals surface area contributed by atoms with Gasteiger partial charge in [-0.1, -0.05) is 18.9 Å². The molecule has 112 valence electrons. The number of fused-ring (bicyclic) bond motifs is 1. The van der Waals surface area contributed by atoms with Gasteiger partial charge in [0, 0.05) is 5.56 Å². The van der Waals surface area contributed by atoms with E-state index in [1.165, 1.54) is 24.8 Å². The molecule has 1 saturated carbocycles. The van der Waals surface area contributed by atoms with Gasteiger partial charge in [-0.15, -0.1) is 0 Å². The lowest BCUT2D eigenvalue weighted by molar-refractivity contribution is 0.102. The summed E-state index contributed by atoms with van der Waals surface area (Å²) < 4.78 is 5.29. The van der Waals surface area contributed by atoms with Crippen molar-refractivity contribution < 1.29 is 9.53 Å². The van der Waals surface area contributed by atoms with Gasteiger partial charge in [0.2, 0.25) is 0 Å². The lowest BCUT2D eigenvalue weighted by atomic mass is 9.80. The van der Waals surface area contributed by atoms with Crippen LogP contribution in [-0.2, 0) is 6.42 Å². The Morgan fingerprint density at radius 1 is 1.10 bits per heavy atom. The zero-order chi connectivity index (χ0) is 14.8. The van der Waals surface area contributed by atoms with Crippen LogP contribution in [-0.4, -0.2) is 12.9 Å². The Hall–Kier alpha value is -1.57. The van der Waals surface area contributed by atoms with Crippen LogP contribution in [0.3, 0.4) is 0 Å². The van der Waals surface area contributed by atoms with Crippen molar-refractivity contribution in [2.24, 2.45) is 5.92 Å². The third kappa shape index (κ3) is 2.76. The molecule has 3 rings (SSSR count). The van der Waals surface area contributed by atoms with Gasteiger partial charge < -0.3 is 4.74 Å². The van der Waals surface area contributed by atoms with Crippen LogP contribution in [0.1, 0.15) is 61.4 Å². The molecular formula is C19H24O2. The first-order valence-electron chi connectivity index (χ1n) is 8.14. The van der Waals surface area contributed by atoms with Gasteiger partial charge in [-0.2, -0.15) is 0 Å². The highest BCUT2D eigenvalue weighted by atomic mass is 16.5. The van der Waals surface area contributed by atoms with Gasteiger partial charge in [-0.25, -0.2) is 0 Å². The number of carbonyl (C=O) groups excluding carboxylic acids is 1. The molecule has 2 aliphatic carbocycles. The summed E-state index contributed by atoms with van der Waals surface area (Å²) in [7, 11) is 1.68. The monoisotopic (exact) mass is 284 g/mol. The molecule has 0 aromatic heterocycles. The summed E-state index contributed by atoms with van der Waals surface area (Å²) in [5.74, 6) is 1.70. The van der Waals surface area contributed by atoms with Crippen LogP contribution in [0, 0.1) is 5.92 Å². The minimum Gasteiger partial charge on any atom is -0.497 e. The predicted molar refractivity (Wildman–Crippen MR) is 84.9 cm³/mol. The normalized spacial score (nSPS) is 26.2. The molecule has 1 aromatic carbocycles. The number of methoxy groups -OCH3 is 1. The number of aryl methyl sites for hydroxylation is 1. The number of allylic oxidation sites excluding steroid dienone is 2. The standard InChI is InChI=1S/C19H24O2/c1-13-6-3-4-8-16(13)18-9-5-7-14-12-15(21-2)10-11-17(14)19(18)20/h10-13H,3-9H2,1-2H3/b18-16+. The molecule has 2 heteroatoms. The molecule has 2 aliphatic rings. The highest BCUT2D eigenvalue weighted by Gasteiger charge is 2.26. The molecule has 0 radical (unpaired) electrons. The smallest absolute Gasteiger partial charge is 0.189 e. The summed E-state index contributed by atoms with van der Waals surface area (Å²) in [5.41, 5.74) is 4.60. The molecule has 1 atom stereocenters. The maximum atomic E-state index is 13.0. The van der Waals surface area contributed by atoms with E-state index in [1.54, 1.807) is 7.11 Å². The van der Waals surface area contributed by atoms with Crippen LogP contribution in [0.4, 0.5) is 0 Å². The number of ketones is 1. The second-order valence-corrected chi connectivity index (χ2v) is 6.36. The van der Waals surface area contributed by atoms with Gasteiger partial charge >= 0.3 is 0 Å². The fraction of sp³-hybridized carbons (Fsp3) is 0.526. The Labute approximate surface area is 127 Å². The maximum Gasteiger partial charge on any atom is 0.189 e. The first-order valence-corrected chi connectivity index (χ1v) is 8.14. The van der Waals surface area contributed by atoms with Crippen molar-refractivity contribution >= 4 is 5.78 Å². The molecule has 0 spiro atoms. The van der Waals surface area contributed by atoms with Crippen LogP contribution in [0.5, 0.6) is 5.75 Å². The van der Waals surface area contributed by atoms with Gasteiger partial charge in [-0.05, 0) is 73.8 Å². The van der Waals surface area contributed by atoms with Gasteiger partial charge in [0.15, 0.2) is 5.78 Å². The average Bonchev–Trinajstić information content (AvgIpc) is 2.67. The van der Waals surface area contributed by atoms with Crippen LogP contribution in [0.2, 0.25) is 0 Å². The van der Waals surface area contributed by atoms with E-state index in [4.69, 9.17) is 4.74 Å². The molecule has 1 unspecified atom stereocenters. The van der Waals surface area contributed by atoms with Gasteiger partial charge in [0.25, 0.3) is 0 Å². The van der Waals surface area contributed by atoms with Crippen molar-refractivity contribution in [3.05, 3.63) is 40.5 Å². The van der Waals surface area contributed by atoms with Crippen LogP contribution in [0.25, 0.3) is 0 Å². The van der Waals surface area contributed by atoms with E-state index in [2.05, 4.69) is 6.92 Å². The first-order chi connectivity index (χ1) is 10.2. The lowest BCUT2D eigenvalue weighted by Crippen LogP contribution is -2.14. The third-order valence-electron chi connectivity index (χ3n) is 5.02. The number of benzene rings is 1. The molecule has 0 N–H and O–H groups in total. The van der Waals surface area contributed by atoms with Crippen molar-refractivity contribution in [3.8, 4) is 5.75 Å². The quantitative estimate of drug-likeness (QED) is 0.551. The highest BCUT2D eigenvalue weighted by Crippen LogP contribution is 2.36. The number of Topliss-reactive ketones (excluding diaryl/α,β-unsaturated/α-hetero) is 1. The zero-order valence-electron chi connectivity index (χ0n) is 13.1. The van der Waals surface area contributed by atoms with Gasteiger partial charge in [-0.3, -0.25) is 4.79 Å². The Balaban J connectivity index is 2.02. The topological polar surface area (TPSA) is 26.3 Å². The Morgan fingerprint density at radius 2 is 1.95 bits per heavy atom. The molecule has 0 aliphatic heterocycles. The Kier molecular flexibility index (Phi) is 4.14. The minimum absolute atomic E-state index is 0.272. The van der Waals surface area contributed by atoms with Crippen LogP contribution in [0.15, 0.2) is 29.3 Å². The van der Waals surface area contributed by atoms with Crippen LogP contribution >= 0.6 is 0 Å². The largest absolute Gasteiger partial charge is 0.497 e. The number of carbonyl (C=O) groups is 1. The molecular weight excluding hydrogens is 260 g/mol. The van der Waals surface area contributed by atoms with Crippen molar-refractivity contribution in [3.63, 3.8) is 0 Å². The highest BCUT2D eigenvalue weighted by molar-refractivity contribution is 6.10. The Morgan fingerprint density at radius 3 is 2.71 bits per heavy atom. The molecule has 0 bridgehead atoms. The molecule has 0 amide bonds. The van der Waals surface area contributed by atoms with E-state index >= 15 is 0 Å². The summed E-state index contributed by atoms with van der Waals surface area (Å²) in [5, 5.41) is 0. The second-order valence-electron chi connectivity index (χ2n) is 6.36. The van der Waals surface area contributed by atoms with E-state index < -0.39 is 0 Å². The van der Waals surface area contributed by atoms with Crippen LogP contribution < -0.4 is 4.74 Å². The number of hydrogen-bond acceptors (Lipinski definition) is 2. The van der Waals surface area contributed by atoms with Crippen molar-refractivity contribution in [2.45, 2.75) is 51.9 Å².